The van der Waals surface area contributed by atoms with E-state index in [0.29, 0.717) is 148 Å². The van der Waals surface area contributed by atoms with Crippen LogP contribution < -0.4 is 26.5 Å². The fraction of sp³-hybridized carbons (Fsp3) is 0.545. The number of Topliss-reactive ketones (excluding diaryl/α,β-unsaturated/α-hetero) is 7. The molecule has 0 spiro atoms. The average molecular weight is 2100 g/mol. The number of carboxylic acids is 4. The van der Waals surface area contributed by atoms with Gasteiger partial charge in [0.15, 0.2) is 34.7 Å². The number of benzene rings is 3. The molecule has 0 amide bonds. The first-order valence-electron chi connectivity index (χ1n) is 48.0. The number of allylic oxidation sites excluding steroid dienone is 12. The van der Waals surface area contributed by atoms with Crippen LogP contribution in [-0.2, 0) is 104 Å². The average Bonchev–Trinajstić information content (AvgIpc) is 1.08. The summed E-state index contributed by atoms with van der Waals surface area (Å²) in [7, 11) is 0. The Morgan fingerprint density at radius 3 is 0.972 bits per heavy atom. The van der Waals surface area contributed by atoms with E-state index in [-0.39, 0.29) is 198 Å². The molecule has 7 atom stereocenters. The Morgan fingerprint density at radius 2 is 0.690 bits per heavy atom. The number of ketones is 7. The van der Waals surface area contributed by atoms with Crippen molar-refractivity contribution in [3.05, 3.63) is 173 Å². The summed E-state index contributed by atoms with van der Waals surface area (Å²) in [5, 5.41) is 94.2. The molecule has 7 unspecified atom stereocenters. The molecule has 0 saturated carbocycles. The van der Waals surface area contributed by atoms with Crippen molar-refractivity contribution in [2.45, 2.75) is 393 Å². The SMILES string of the molecule is C=CC1(C)CCC(=O)O1.C=CC1(C)CCC(=O)O1.CC1=C(C)C(=O)C(CCC(C)(O)CCC(=O)O)=C(C)C1=O.CC1=C(C)C(=O)C(CCC(C)(O)CCC(=O)O)=C(C)C1=O.CC1=C(C)C(=O)C(CCC2(C)CCC(=O)O2)=C(C)C1=O.CCOC(=O)CCC(C)=O.Cc1c(C)c2c(c(C)c1O)CCC(C)(CCC(=O)O)O2.Cc1c(C)c2c(c(C)c1O)CCC(C)(CCC(=O)O)O2.Cc1cc(O)c(C)c(C)c1O.[Br-].[CH+]=[CH-].[Mg+2]. The number of cyclic esters (lactones) is 3. The van der Waals surface area contributed by atoms with Gasteiger partial charge in [0.2, 0.25) is 0 Å². The van der Waals surface area contributed by atoms with E-state index in [1.807, 2.05) is 76.2 Å². The predicted molar refractivity (Wildman–Crippen MR) is 546 cm³/mol. The zero-order valence-electron chi connectivity index (χ0n) is 90.0. The Balaban J connectivity index is 0.00000163. The number of phenolic OH excluding ortho intramolecular Hbond substituents is 4. The van der Waals surface area contributed by atoms with Crippen molar-refractivity contribution in [1.82, 2.24) is 0 Å². The van der Waals surface area contributed by atoms with Crippen molar-refractivity contribution in [2.24, 2.45) is 0 Å². The van der Waals surface area contributed by atoms with Gasteiger partial charge < -0.3 is 101 Å². The summed E-state index contributed by atoms with van der Waals surface area (Å²) in [5.74, 6) is -2.00. The van der Waals surface area contributed by atoms with Crippen LogP contribution in [0, 0.1) is 75.5 Å². The van der Waals surface area contributed by atoms with Crippen LogP contribution in [0.1, 0.15) is 340 Å². The first kappa shape index (κ1) is 134. The van der Waals surface area contributed by atoms with E-state index in [2.05, 4.69) is 31.1 Å². The molecule has 3 aromatic carbocycles. The van der Waals surface area contributed by atoms with Gasteiger partial charge in [-0.2, -0.15) is 0 Å². The van der Waals surface area contributed by atoms with Crippen LogP contribution in [0.3, 0.4) is 0 Å². The monoisotopic (exact) mass is 2100 g/mol. The molecule has 145 heavy (non-hydrogen) atoms. The maximum Gasteiger partial charge on any atom is 2.00 e. The molecule has 3 aliphatic carbocycles. The summed E-state index contributed by atoms with van der Waals surface area (Å²) in [4.78, 5) is 169. The number of aliphatic carboxylic acids is 4. The van der Waals surface area contributed by atoms with Crippen LogP contribution in [0.2, 0.25) is 0 Å². The quantitative estimate of drug-likeness (QED) is 0.00644. The second-order valence-corrected chi connectivity index (χ2v) is 39.5. The number of aromatic hydroxyl groups is 4. The second-order valence-electron chi connectivity index (χ2n) is 39.5. The molecule has 3 aromatic rings. The standard InChI is InChI=1S/2C16H22O5.C16H20O4.2C16H22O4.C9H12O2.C7H12O3.2C7H10O2.C2H2.BrH.Mg/c2*1-9-10(2)15(20)12(11(3)14(9)19)5-7-16(4,21)8-6-13(17)18;1-9-10(2)15(19)12(11(3)14(9)18)5-7-16(4)8-6-13(17)20-16;2*1-9-10(2)15-12(11(3)14(9)19)5-7-16(4,20-15)8-6-13(17)18;1-5-4-8(10)6(2)7(3)9(5)11;1-3-10-7(9)5-4-6(2)8;2*1-3-7(2)5-4-6(8)9-7;1-2;;/h2*21H,5-8H2,1-4H3,(H,17,18);5-8H2,1-4H3;2*19H,5-8H2,1-4H3,(H,17,18);4,10-11H,1-3H3;3-5H2,1-2H3;2*3H,1,4-5H2,2H3;1-2H;1H;/q;;;;;;;;;;;+2/p-1. The van der Waals surface area contributed by atoms with E-state index >= 15 is 0 Å². The Morgan fingerprint density at radius 1 is 0.393 bits per heavy atom. The molecule has 3 saturated heterocycles. The number of ether oxygens (including phenoxy) is 6. The number of hydrogen-bond donors (Lipinski definition) is 10. The van der Waals surface area contributed by atoms with Crippen molar-refractivity contribution in [2.75, 3.05) is 6.61 Å². The summed E-state index contributed by atoms with van der Waals surface area (Å²) in [6.07, 6.45) is 14.0. The number of esters is 4. The van der Waals surface area contributed by atoms with Crippen LogP contribution in [0.25, 0.3) is 0 Å². The van der Waals surface area contributed by atoms with Crippen molar-refractivity contribution >= 4 is 111 Å². The minimum Gasteiger partial charge on any atom is -1.00 e. The molecule has 796 valence electrons. The van der Waals surface area contributed by atoms with Crippen LogP contribution in [0.5, 0.6) is 34.5 Å². The summed E-state index contributed by atoms with van der Waals surface area (Å²) in [6.45, 7) is 63.0. The third-order valence-corrected chi connectivity index (χ3v) is 27.8. The maximum absolute atomic E-state index is 12.3. The molecule has 0 aromatic heterocycles. The van der Waals surface area contributed by atoms with Crippen molar-refractivity contribution < 1.29 is 168 Å². The van der Waals surface area contributed by atoms with Gasteiger partial charge >= 0.3 is 70.8 Å². The summed E-state index contributed by atoms with van der Waals surface area (Å²) >= 11 is 0. The van der Waals surface area contributed by atoms with Gasteiger partial charge in [-0.3, -0.25) is 67.1 Å². The molecular formula is C112H154BrMgO31+. The van der Waals surface area contributed by atoms with Gasteiger partial charge in [-0.1, -0.05) is 13.2 Å². The molecule has 3 fully saturated rings. The van der Waals surface area contributed by atoms with E-state index in [9.17, 15) is 103 Å². The van der Waals surface area contributed by atoms with Gasteiger partial charge in [0, 0.05) is 142 Å². The smallest absolute Gasteiger partial charge is 1.00 e. The van der Waals surface area contributed by atoms with Gasteiger partial charge in [0.05, 0.1) is 24.2 Å². The normalized spacial score (nSPS) is 20.8. The molecule has 5 heterocycles. The third kappa shape index (κ3) is 39.4. The van der Waals surface area contributed by atoms with Crippen molar-refractivity contribution in [1.29, 1.82) is 0 Å². The van der Waals surface area contributed by atoms with Crippen LogP contribution in [0.15, 0.2) is 98.3 Å². The van der Waals surface area contributed by atoms with E-state index in [1.54, 1.807) is 122 Å². The number of carbonyl (C=O) groups excluding carboxylic acids is 11. The Labute approximate surface area is 880 Å². The largest absolute Gasteiger partial charge is 2.00 e. The summed E-state index contributed by atoms with van der Waals surface area (Å²) < 4.78 is 32.1. The number of carbonyl (C=O) groups is 15. The Hall–Kier alpha value is -11.4. The van der Waals surface area contributed by atoms with E-state index < -0.39 is 51.9 Å². The molecule has 0 bridgehead atoms. The first-order valence-corrected chi connectivity index (χ1v) is 48.0. The number of halogens is 1. The van der Waals surface area contributed by atoms with Crippen LogP contribution >= 0.6 is 0 Å². The molecule has 8 aliphatic rings. The van der Waals surface area contributed by atoms with Gasteiger partial charge in [-0.05, 0) is 358 Å². The molecule has 11 rings (SSSR count). The maximum atomic E-state index is 12.3. The molecule has 33 heteroatoms. The number of fused-ring (bicyclic) bond motifs is 2. The number of rotatable bonds is 27. The third-order valence-electron chi connectivity index (χ3n) is 27.8. The summed E-state index contributed by atoms with van der Waals surface area (Å²) in [6, 6.07) is 1.57. The molecule has 31 nitrogen and oxygen atoms in total. The predicted octanol–water partition coefficient (Wildman–Crippen LogP) is 16.1. The number of aliphatic hydroxyl groups is 2. The van der Waals surface area contributed by atoms with Gasteiger partial charge in [0.25, 0.3) is 0 Å². The van der Waals surface area contributed by atoms with Crippen molar-refractivity contribution in [3.8, 4) is 34.5 Å². The van der Waals surface area contributed by atoms with Gasteiger partial charge in [-0.15, -0.1) is 0 Å². The zero-order chi connectivity index (χ0) is 110. The van der Waals surface area contributed by atoms with E-state index in [1.165, 1.54) is 6.92 Å². The number of phenols is 4. The van der Waals surface area contributed by atoms with Gasteiger partial charge in [-0.25, -0.2) is 6.58 Å². The van der Waals surface area contributed by atoms with E-state index in [4.69, 9.17) is 44.1 Å². The van der Waals surface area contributed by atoms with Crippen LogP contribution in [0.4, 0.5) is 0 Å². The Bertz CT molecular complexity index is 5320. The second kappa shape index (κ2) is 58.3. The number of hydrogen-bond acceptors (Lipinski definition) is 27. The number of aryl methyl sites for hydroxylation is 1. The number of carboxylic acid groups (broad SMARTS) is 4. The molecule has 5 aliphatic heterocycles. The fourth-order valence-electron chi connectivity index (χ4n) is 16.4. The molecule has 0 radical (unpaired) electrons. The fourth-order valence-corrected chi connectivity index (χ4v) is 16.4. The molecular weight excluding hydrogens is 1950 g/mol. The first-order chi connectivity index (χ1) is 65.9. The minimum absolute atomic E-state index is 0. The van der Waals surface area contributed by atoms with Crippen molar-refractivity contribution in [3.63, 3.8) is 0 Å². The topological polar surface area (TPSA) is 514 Å². The zero-order valence-corrected chi connectivity index (χ0v) is 93.0. The summed E-state index contributed by atoms with van der Waals surface area (Å²) in [5.41, 5.74) is 10.9. The van der Waals surface area contributed by atoms with Crippen LogP contribution in [-0.4, -0.2) is 208 Å². The minimum atomic E-state index is -1.17. The molecule has 10 N–H and O–H groups in total. The van der Waals surface area contributed by atoms with E-state index in [0.717, 1.165) is 106 Å². The Kier molecular flexibility index (Phi) is 53.7. The van der Waals surface area contributed by atoms with Gasteiger partial charge in [0.1, 0.15) is 68.3 Å².